The van der Waals surface area contributed by atoms with Crippen molar-refractivity contribution in [3.8, 4) is 17.2 Å². The molecule has 1 unspecified atom stereocenters. The van der Waals surface area contributed by atoms with Crippen LogP contribution in [0.3, 0.4) is 0 Å². The van der Waals surface area contributed by atoms with Crippen LogP contribution < -0.4 is 9.47 Å². The number of likely N-dealkylation sites (tertiary alicyclic amines) is 1. The minimum Gasteiger partial charge on any atom is -0.507 e. The molecular formula is C33H36N2O6. The fraction of sp³-hybridized carbons (Fsp3) is 0.333. The number of Topliss-reactive ketones (excluding diaryl/α,β-unsaturated/α-hetero) is 1. The minimum absolute atomic E-state index is 0.0551. The van der Waals surface area contributed by atoms with Gasteiger partial charge in [-0.3, -0.25) is 14.5 Å². The third-order valence-electron chi connectivity index (χ3n) is 7.33. The molecule has 0 radical (unpaired) electrons. The summed E-state index contributed by atoms with van der Waals surface area (Å²) in [6.07, 6.45) is 1.91. The van der Waals surface area contributed by atoms with Crippen LogP contribution in [0.15, 0.2) is 84.4 Å². The lowest BCUT2D eigenvalue weighted by Crippen LogP contribution is -2.42. The van der Waals surface area contributed by atoms with Crippen molar-refractivity contribution in [1.82, 2.24) is 9.80 Å². The van der Waals surface area contributed by atoms with E-state index in [2.05, 4.69) is 11.8 Å². The van der Waals surface area contributed by atoms with Crippen molar-refractivity contribution in [3.63, 3.8) is 0 Å². The molecule has 2 aliphatic rings. The van der Waals surface area contributed by atoms with Crippen molar-refractivity contribution in [2.45, 2.75) is 25.8 Å². The van der Waals surface area contributed by atoms with Crippen LogP contribution in [-0.2, 0) is 14.3 Å². The molecule has 3 aromatic rings. The maximum Gasteiger partial charge on any atom is 0.295 e. The average Bonchev–Trinajstić information content (AvgIpc) is 3.26. The number of amides is 1. The first-order valence-electron chi connectivity index (χ1n) is 14.2. The molecule has 2 aliphatic heterocycles. The van der Waals surface area contributed by atoms with Gasteiger partial charge in [0.2, 0.25) is 0 Å². The van der Waals surface area contributed by atoms with Gasteiger partial charge in [0.25, 0.3) is 11.7 Å². The smallest absolute Gasteiger partial charge is 0.295 e. The van der Waals surface area contributed by atoms with Crippen molar-refractivity contribution in [3.05, 3.63) is 95.6 Å². The zero-order valence-corrected chi connectivity index (χ0v) is 23.3. The highest BCUT2D eigenvalue weighted by Gasteiger charge is 2.46. The fourth-order valence-electron chi connectivity index (χ4n) is 5.13. The highest BCUT2D eigenvalue weighted by atomic mass is 16.5. The highest BCUT2D eigenvalue weighted by molar-refractivity contribution is 6.46. The number of aliphatic hydroxyl groups excluding tert-OH is 1. The number of unbranched alkanes of at least 4 members (excludes halogenated alkanes) is 1. The summed E-state index contributed by atoms with van der Waals surface area (Å²) < 4.78 is 17.3. The number of hydrogen-bond donors (Lipinski definition) is 1. The van der Waals surface area contributed by atoms with E-state index in [4.69, 9.17) is 14.2 Å². The Hall–Kier alpha value is -4.14. The maximum absolute atomic E-state index is 13.5. The molecule has 1 N–H and O–H groups in total. The first-order valence-corrected chi connectivity index (χ1v) is 14.2. The van der Waals surface area contributed by atoms with Crippen LogP contribution >= 0.6 is 0 Å². The third kappa shape index (κ3) is 6.78. The van der Waals surface area contributed by atoms with Gasteiger partial charge >= 0.3 is 0 Å². The molecule has 2 saturated heterocycles. The number of nitrogens with zero attached hydrogens (tertiary/aromatic N) is 2. The molecule has 0 saturated carbocycles. The van der Waals surface area contributed by atoms with Crippen LogP contribution in [0.5, 0.6) is 17.2 Å². The molecular weight excluding hydrogens is 520 g/mol. The van der Waals surface area contributed by atoms with Gasteiger partial charge in [-0.05, 0) is 48.4 Å². The summed E-state index contributed by atoms with van der Waals surface area (Å²) in [6, 6.07) is 23.0. The molecule has 0 aliphatic carbocycles. The summed E-state index contributed by atoms with van der Waals surface area (Å²) in [5.41, 5.74) is 1.16. The number of morpholine rings is 1. The molecule has 8 heteroatoms. The van der Waals surface area contributed by atoms with Crippen LogP contribution in [0.2, 0.25) is 0 Å². The van der Waals surface area contributed by atoms with Crippen LogP contribution in [0, 0.1) is 0 Å². The number of para-hydroxylation sites is 1. The number of carbonyl (C=O) groups is 2. The maximum atomic E-state index is 13.5. The van der Waals surface area contributed by atoms with Gasteiger partial charge in [0.05, 0.1) is 31.4 Å². The molecule has 0 spiro atoms. The fourth-order valence-corrected chi connectivity index (χ4v) is 5.13. The van der Waals surface area contributed by atoms with Gasteiger partial charge in [-0.1, -0.05) is 55.8 Å². The third-order valence-corrected chi connectivity index (χ3v) is 7.33. The summed E-state index contributed by atoms with van der Waals surface area (Å²) in [7, 11) is 0. The van der Waals surface area contributed by atoms with Crippen molar-refractivity contribution in [2.75, 3.05) is 46.0 Å². The predicted octanol–water partition coefficient (Wildman–Crippen LogP) is 5.41. The lowest BCUT2D eigenvalue weighted by Gasteiger charge is -2.31. The van der Waals surface area contributed by atoms with Crippen LogP contribution in [-0.4, -0.2) is 72.6 Å². The molecule has 214 valence electrons. The van der Waals surface area contributed by atoms with E-state index in [9.17, 15) is 14.7 Å². The minimum atomic E-state index is -0.778. The van der Waals surface area contributed by atoms with E-state index in [0.717, 1.165) is 25.9 Å². The van der Waals surface area contributed by atoms with Crippen LogP contribution in [0.25, 0.3) is 5.76 Å². The predicted molar refractivity (Wildman–Crippen MR) is 156 cm³/mol. The molecule has 0 aromatic heterocycles. The van der Waals surface area contributed by atoms with E-state index >= 15 is 0 Å². The normalized spacial score (nSPS) is 19.0. The second kappa shape index (κ2) is 13.5. The van der Waals surface area contributed by atoms with Crippen molar-refractivity contribution in [1.29, 1.82) is 0 Å². The lowest BCUT2D eigenvalue weighted by molar-refractivity contribution is -0.140. The Morgan fingerprint density at radius 2 is 1.63 bits per heavy atom. The van der Waals surface area contributed by atoms with Gasteiger partial charge in [0.15, 0.2) is 0 Å². The van der Waals surface area contributed by atoms with Gasteiger partial charge in [-0.25, -0.2) is 0 Å². The van der Waals surface area contributed by atoms with Gasteiger partial charge in [0, 0.05) is 31.7 Å². The molecule has 8 nitrogen and oxygen atoms in total. The highest BCUT2D eigenvalue weighted by Crippen LogP contribution is 2.41. The summed E-state index contributed by atoms with van der Waals surface area (Å²) in [4.78, 5) is 30.8. The largest absolute Gasteiger partial charge is 0.507 e. The van der Waals surface area contributed by atoms with Crippen molar-refractivity contribution in [2.24, 2.45) is 0 Å². The number of hydrogen-bond acceptors (Lipinski definition) is 7. The Labute approximate surface area is 240 Å². The SMILES string of the molecule is CCCCOc1cccc(/C(O)=C2\C(=O)C(=O)N(CCN3CCOCC3)C2c2cccc(Oc3ccccc3)c2)c1. The van der Waals surface area contributed by atoms with E-state index < -0.39 is 17.7 Å². The van der Waals surface area contributed by atoms with Crippen LogP contribution in [0.4, 0.5) is 0 Å². The summed E-state index contributed by atoms with van der Waals surface area (Å²) in [5.74, 6) is 0.275. The van der Waals surface area contributed by atoms with E-state index in [-0.39, 0.29) is 11.3 Å². The molecule has 3 aromatic carbocycles. The molecule has 0 bridgehead atoms. The molecule has 1 atom stereocenters. The average molecular weight is 557 g/mol. The van der Waals surface area contributed by atoms with Crippen LogP contribution in [0.1, 0.15) is 36.9 Å². The van der Waals surface area contributed by atoms with Gasteiger partial charge in [-0.2, -0.15) is 0 Å². The molecule has 2 heterocycles. The second-order valence-corrected chi connectivity index (χ2v) is 10.2. The van der Waals surface area contributed by atoms with Gasteiger partial charge in [-0.15, -0.1) is 0 Å². The van der Waals surface area contributed by atoms with E-state index in [1.807, 2.05) is 60.7 Å². The monoisotopic (exact) mass is 556 g/mol. The lowest BCUT2D eigenvalue weighted by atomic mass is 9.95. The van der Waals surface area contributed by atoms with E-state index in [1.165, 1.54) is 0 Å². The first-order chi connectivity index (χ1) is 20.0. The van der Waals surface area contributed by atoms with Gasteiger partial charge < -0.3 is 24.2 Å². The summed E-state index contributed by atoms with van der Waals surface area (Å²) >= 11 is 0. The molecule has 41 heavy (non-hydrogen) atoms. The van der Waals surface area contributed by atoms with Gasteiger partial charge in [0.1, 0.15) is 23.0 Å². The van der Waals surface area contributed by atoms with E-state index in [1.54, 1.807) is 23.1 Å². The number of ketones is 1. The Bertz CT molecular complexity index is 1380. The number of benzene rings is 3. The standard InChI is InChI=1S/C33H36N2O6/c1-2-3-19-40-27-13-8-10-25(23-27)31(36)29-30(24-9-7-14-28(22-24)41-26-11-5-4-6-12-26)35(33(38)32(29)37)16-15-34-17-20-39-21-18-34/h4-14,22-23,30,36H,2-3,15-21H2,1H3/b31-29+. The van der Waals surface area contributed by atoms with Crippen molar-refractivity contribution < 1.29 is 28.9 Å². The zero-order chi connectivity index (χ0) is 28.6. The molecule has 2 fully saturated rings. The quantitative estimate of drug-likeness (QED) is 0.146. The Morgan fingerprint density at radius 3 is 2.41 bits per heavy atom. The van der Waals surface area contributed by atoms with E-state index in [0.29, 0.717) is 61.3 Å². The summed E-state index contributed by atoms with van der Waals surface area (Å²) in [6.45, 7) is 6.36. The number of aliphatic hydroxyl groups is 1. The molecule has 1 amide bonds. The topological polar surface area (TPSA) is 88.5 Å². The van der Waals surface area contributed by atoms with Crippen molar-refractivity contribution >= 4 is 17.4 Å². The second-order valence-electron chi connectivity index (χ2n) is 10.2. The first kappa shape index (κ1) is 28.4. The Kier molecular flexibility index (Phi) is 9.33. The number of rotatable bonds is 11. The summed E-state index contributed by atoms with van der Waals surface area (Å²) in [5, 5.41) is 11.5. The Balaban J connectivity index is 1.51. The number of ether oxygens (including phenoxy) is 3. The zero-order valence-electron chi connectivity index (χ0n) is 23.3. The molecule has 5 rings (SSSR count). The Morgan fingerprint density at radius 1 is 0.902 bits per heavy atom. The number of carbonyl (C=O) groups excluding carboxylic acids is 2.